The van der Waals surface area contributed by atoms with Gasteiger partial charge in [0.05, 0.1) is 0 Å². The van der Waals surface area contributed by atoms with Gasteiger partial charge in [-0.3, -0.25) is 0 Å². The lowest BCUT2D eigenvalue weighted by atomic mass is 10.1. The molecule has 0 bridgehead atoms. The van der Waals surface area contributed by atoms with Gasteiger partial charge in [0.25, 0.3) is 0 Å². The van der Waals surface area contributed by atoms with E-state index in [2.05, 4.69) is 0 Å². The highest BCUT2D eigenvalue weighted by atomic mass is 16.4. The Morgan fingerprint density at radius 1 is 0.581 bits per heavy atom. The Hall–Kier alpha value is -1.96. The summed E-state index contributed by atoms with van der Waals surface area (Å²) in [4.78, 5) is 19.7. The Morgan fingerprint density at radius 2 is 0.871 bits per heavy atom. The molecule has 0 spiro atoms. The SMILES string of the molecule is O=C([O-])CCCCCC(=O)[O-].OCC=[N+](CCO)CCO.OCC=[N+](CCO)CCO. The summed E-state index contributed by atoms with van der Waals surface area (Å²) in [5.41, 5.74) is 0. The van der Waals surface area contributed by atoms with Crippen LogP contribution in [0.4, 0.5) is 0 Å². The van der Waals surface area contributed by atoms with E-state index in [0.717, 1.165) is 0 Å². The zero-order chi connectivity index (χ0) is 24.3. The van der Waals surface area contributed by atoms with E-state index in [9.17, 15) is 19.8 Å². The molecule has 0 aromatic rings. The average Bonchev–Trinajstić information content (AvgIpc) is 2.69. The lowest BCUT2D eigenvalue weighted by Gasteiger charge is -2.02. The van der Waals surface area contributed by atoms with E-state index in [1.54, 1.807) is 9.15 Å². The molecule has 0 saturated carbocycles. The molecule has 0 rings (SSSR count). The molecule has 0 amide bonds. The van der Waals surface area contributed by atoms with E-state index in [-0.39, 0.29) is 52.5 Å². The van der Waals surface area contributed by atoms with Gasteiger partial charge in [-0.2, -0.15) is 0 Å². The van der Waals surface area contributed by atoms with E-state index in [1.165, 1.54) is 12.4 Å². The molecule has 0 unspecified atom stereocenters. The molecule has 0 aromatic carbocycles. The average molecular weight is 455 g/mol. The Kier molecular flexibility index (Phi) is 30.5. The number of nitrogens with zero attached hydrogens (tertiary/aromatic N) is 2. The van der Waals surface area contributed by atoms with Crippen LogP contribution in [0, 0.1) is 0 Å². The summed E-state index contributed by atoms with van der Waals surface area (Å²) < 4.78 is 3.33. The van der Waals surface area contributed by atoms with Gasteiger partial charge in [0.2, 0.25) is 0 Å². The number of aliphatic carboxylic acids is 2. The molecule has 31 heavy (non-hydrogen) atoms. The Labute approximate surface area is 182 Å². The zero-order valence-corrected chi connectivity index (χ0v) is 18.0. The predicted octanol–water partition coefficient (Wildman–Crippen LogP) is -5.47. The monoisotopic (exact) mass is 454 g/mol. The molecular formula is C19H38N2O10. The maximum Gasteiger partial charge on any atom is 0.165 e. The zero-order valence-electron chi connectivity index (χ0n) is 18.0. The van der Waals surface area contributed by atoms with Gasteiger partial charge in [-0.05, 0) is 25.7 Å². The van der Waals surface area contributed by atoms with Crippen molar-refractivity contribution in [3.63, 3.8) is 0 Å². The summed E-state index contributed by atoms with van der Waals surface area (Å²) in [6, 6.07) is 0. The molecule has 12 nitrogen and oxygen atoms in total. The summed E-state index contributed by atoms with van der Waals surface area (Å²) in [5.74, 6) is -2.17. The molecule has 0 aliphatic carbocycles. The smallest absolute Gasteiger partial charge is 0.165 e. The van der Waals surface area contributed by atoms with Crippen molar-refractivity contribution in [3.05, 3.63) is 0 Å². The molecule has 0 aliphatic rings. The number of aliphatic hydroxyl groups is 6. The van der Waals surface area contributed by atoms with Crippen LogP contribution in [0.3, 0.4) is 0 Å². The second-order valence-corrected chi connectivity index (χ2v) is 6.00. The lowest BCUT2D eigenvalue weighted by Crippen LogP contribution is -2.22. The summed E-state index contributed by atoms with van der Waals surface area (Å²) in [6.45, 7) is 1.88. The highest BCUT2D eigenvalue weighted by molar-refractivity contribution is 5.64. The van der Waals surface area contributed by atoms with Crippen LogP contribution in [0.2, 0.25) is 0 Å². The van der Waals surface area contributed by atoms with Crippen LogP contribution >= 0.6 is 0 Å². The second kappa shape index (κ2) is 28.0. The molecule has 0 saturated heterocycles. The van der Waals surface area contributed by atoms with Crippen molar-refractivity contribution >= 4 is 24.4 Å². The van der Waals surface area contributed by atoms with Crippen LogP contribution in [0.1, 0.15) is 32.1 Å². The van der Waals surface area contributed by atoms with Gasteiger partial charge >= 0.3 is 0 Å². The standard InChI is InChI=1S/C7H12O4.2C6H14NO3/c8-6(9)4-2-1-3-5-7(10)11;2*8-4-1-7(2-5-9)3-6-10/h1-5H2,(H,8,9)(H,10,11);2*1,8-10H,2-6H2/q;2*+1/p-2. The minimum Gasteiger partial charge on any atom is -0.550 e. The molecule has 184 valence electrons. The number of carboxylic acids is 2. The van der Waals surface area contributed by atoms with Crippen molar-refractivity contribution in [1.82, 2.24) is 0 Å². The minimum absolute atomic E-state index is 0.00699. The minimum atomic E-state index is -1.08. The number of hydrogen-bond donors (Lipinski definition) is 6. The molecule has 12 heteroatoms. The van der Waals surface area contributed by atoms with E-state index >= 15 is 0 Å². The Balaban J connectivity index is -0.000000380. The first-order chi connectivity index (χ1) is 14.8. The second-order valence-electron chi connectivity index (χ2n) is 6.00. The maximum absolute atomic E-state index is 9.86. The fraction of sp³-hybridized carbons (Fsp3) is 0.789. The summed E-state index contributed by atoms with van der Waals surface area (Å²) in [5, 5.41) is 70.4. The molecule has 0 aromatic heterocycles. The van der Waals surface area contributed by atoms with Crippen molar-refractivity contribution < 1.29 is 59.6 Å². The van der Waals surface area contributed by atoms with E-state index in [4.69, 9.17) is 30.6 Å². The fourth-order valence-corrected chi connectivity index (χ4v) is 2.05. The molecule has 0 aliphatic heterocycles. The van der Waals surface area contributed by atoms with Crippen LogP contribution in [-0.2, 0) is 9.59 Å². The fourth-order valence-electron chi connectivity index (χ4n) is 2.05. The number of hydrogen-bond acceptors (Lipinski definition) is 10. The summed E-state index contributed by atoms with van der Waals surface area (Å²) in [6.07, 6.45) is 4.65. The van der Waals surface area contributed by atoms with Crippen molar-refractivity contribution in [3.8, 4) is 0 Å². The number of rotatable bonds is 16. The normalized spacial score (nSPS) is 9.48. The third kappa shape index (κ3) is 32.9. The molecule has 0 atom stereocenters. The van der Waals surface area contributed by atoms with Crippen LogP contribution in [-0.4, -0.2) is 130 Å². The lowest BCUT2D eigenvalue weighted by molar-refractivity contribution is -0.529. The first kappa shape index (κ1) is 33.7. The third-order valence-electron chi connectivity index (χ3n) is 3.49. The Bertz CT molecular complexity index is 426. The Morgan fingerprint density at radius 3 is 1.06 bits per heavy atom. The first-order valence-electron chi connectivity index (χ1n) is 10.0. The van der Waals surface area contributed by atoms with Crippen LogP contribution in [0.5, 0.6) is 0 Å². The maximum atomic E-state index is 9.86. The van der Waals surface area contributed by atoms with Gasteiger partial charge in [-0.25, -0.2) is 9.15 Å². The highest BCUT2D eigenvalue weighted by Gasteiger charge is 2.00. The van der Waals surface area contributed by atoms with E-state index < -0.39 is 11.9 Å². The largest absolute Gasteiger partial charge is 0.550 e. The molecule has 6 N–H and O–H groups in total. The van der Waals surface area contributed by atoms with Gasteiger partial charge in [0, 0.05) is 11.9 Å². The molecular weight excluding hydrogens is 416 g/mol. The first-order valence-corrected chi connectivity index (χ1v) is 10.0. The number of carbonyl (C=O) groups excluding carboxylic acids is 2. The summed E-state index contributed by atoms with van der Waals surface area (Å²) >= 11 is 0. The molecule has 0 heterocycles. The highest BCUT2D eigenvalue weighted by Crippen LogP contribution is 2.01. The number of unbranched alkanes of at least 4 members (excludes halogenated alkanes) is 2. The number of carbonyl (C=O) groups is 2. The van der Waals surface area contributed by atoms with Crippen molar-refractivity contribution in [2.75, 3.05) is 65.8 Å². The van der Waals surface area contributed by atoms with Crippen molar-refractivity contribution in [1.29, 1.82) is 0 Å². The molecule has 0 fully saturated rings. The number of aliphatic hydroxyl groups excluding tert-OH is 6. The van der Waals surface area contributed by atoms with Gasteiger partial charge < -0.3 is 50.4 Å². The van der Waals surface area contributed by atoms with Crippen LogP contribution < -0.4 is 10.2 Å². The predicted molar refractivity (Wildman–Crippen MR) is 108 cm³/mol. The molecule has 0 radical (unpaired) electrons. The van der Waals surface area contributed by atoms with E-state index in [0.29, 0.717) is 45.4 Å². The van der Waals surface area contributed by atoms with Gasteiger partial charge in [0.15, 0.2) is 38.6 Å². The van der Waals surface area contributed by atoms with E-state index in [1.807, 2.05) is 0 Å². The summed E-state index contributed by atoms with van der Waals surface area (Å²) in [7, 11) is 0. The quantitative estimate of drug-likeness (QED) is 0.0740. The van der Waals surface area contributed by atoms with Crippen LogP contribution in [0.15, 0.2) is 0 Å². The van der Waals surface area contributed by atoms with Crippen molar-refractivity contribution in [2.45, 2.75) is 32.1 Å². The van der Waals surface area contributed by atoms with Crippen molar-refractivity contribution in [2.24, 2.45) is 0 Å². The van der Waals surface area contributed by atoms with Gasteiger partial charge in [-0.1, -0.05) is 6.42 Å². The topological polar surface area (TPSA) is 208 Å². The van der Waals surface area contributed by atoms with Crippen LogP contribution in [0.25, 0.3) is 0 Å². The van der Waals surface area contributed by atoms with Gasteiger partial charge in [0.1, 0.15) is 39.6 Å². The van der Waals surface area contributed by atoms with Gasteiger partial charge in [-0.15, -0.1) is 0 Å². The number of carboxylic acid groups (broad SMARTS) is 2. The third-order valence-corrected chi connectivity index (χ3v) is 3.49.